The average Bonchev–Trinajstić information content (AvgIpc) is 2.98. The molecule has 2 heterocycles. The summed E-state index contributed by atoms with van der Waals surface area (Å²) in [5.74, 6) is 1.34. The van der Waals surface area contributed by atoms with E-state index in [1.54, 1.807) is 4.52 Å². The molecule has 6 nitrogen and oxygen atoms in total. The van der Waals surface area contributed by atoms with Crippen LogP contribution in [0.5, 0.6) is 0 Å². The van der Waals surface area contributed by atoms with Crippen LogP contribution in [0.4, 0.5) is 0 Å². The first-order chi connectivity index (χ1) is 11.1. The van der Waals surface area contributed by atoms with Crippen LogP contribution in [0.1, 0.15) is 56.0 Å². The highest BCUT2D eigenvalue weighted by Crippen LogP contribution is 2.24. The van der Waals surface area contributed by atoms with Crippen molar-refractivity contribution in [2.24, 2.45) is 5.92 Å². The second-order valence-electron chi connectivity index (χ2n) is 6.67. The van der Waals surface area contributed by atoms with Gasteiger partial charge >= 0.3 is 0 Å². The standard InChI is InChI=1S/C17H25N5O/c1-11-6-4-5-7-15(11)21-16(23)9-8-14-12(2)20-17-18-10-19-22(17)13(14)3/h10-11,15H,4-9H2,1-3H3,(H,21,23)/t11-,15+/m1/s1. The number of aromatic nitrogens is 4. The molecule has 0 aliphatic heterocycles. The summed E-state index contributed by atoms with van der Waals surface area (Å²) in [6.45, 7) is 6.21. The monoisotopic (exact) mass is 315 g/mol. The molecule has 0 unspecified atom stereocenters. The summed E-state index contributed by atoms with van der Waals surface area (Å²) in [5.41, 5.74) is 3.04. The maximum Gasteiger partial charge on any atom is 0.252 e. The van der Waals surface area contributed by atoms with E-state index in [1.807, 2.05) is 13.8 Å². The molecule has 0 bridgehead atoms. The molecule has 1 amide bonds. The van der Waals surface area contributed by atoms with E-state index >= 15 is 0 Å². The van der Waals surface area contributed by atoms with Crippen molar-refractivity contribution in [2.75, 3.05) is 0 Å². The minimum atomic E-state index is 0.140. The molecule has 1 aliphatic carbocycles. The molecule has 0 radical (unpaired) electrons. The quantitative estimate of drug-likeness (QED) is 0.940. The molecule has 124 valence electrons. The molecule has 1 saturated carbocycles. The SMILES string of the molecule is Cc1nc2ncnn2c(C)c1CCC(=O)N[C@H]1CCCC[C@H]1C. The Hall–Kier alpha value is -1.98. The first kappa shape index (κ1) is 15.9. The lowest BCUT2D eigenvalue weighted by Gasteiger charge is -2.29. The van der Waals surface area contributed by atoms with E-state index in [1.165, 1.54) is 25.6 Å². The molecule has 23 heavy (non-hydrogen) atoms. The summed E-state index contributed by atoms with van der Waals surface area (Å²) in [5, 5.41) is 7.41. The van der Waals surface area contributed by atoms with Gasteiger partial charge in [-0.25, -0.2) is 9.50 Å². The number of carbonyl (C=O) groups excluding carboxylic acids is 1. The molecule has 2 aromatic rings. The second-order valence-corrected chi connectivity index (χ2v) is 6.67. The number of fused-ring (bicyclic) bond motifs is 1. The van der Waals surface area contributed by atoms with Crippen LogP contribution < -0.4 is 5.32 Å². The lowest BCUT2D eigenvalue weighted by molar-refractivity contribution is -0.122. The number of nitrogens with zero attached hydrogens (tertiary/aromatic N) is 4. The smallest absolute Gasteiger partial charge is 0.252 e. The third kappa shape index (κ3) is 3.35. The Kier molecular flexibility index (Phi) is 4.59. The van der Waals surface area contributed by atoms with Crippen LogP contribution in [0.3, 0.4) is 0 Å². The van der Waals surface area contributed by atoms with E-state index in [0.717, 1.165) is 23.4 Å². The van der Waals surface area contributed by atoms with Crippen LogP contribution in [-0.2, 0) is 11.2 Å². The number of rotatable bonds is 4. The Balaban J connectivity index is 1.64. The van der Waals surface area contributed by atoms with Gasteiger partial charge in [0, 0.05) is 23.9 Å². The zero-order valence-corrected chi connectivity index (χ0v) is 14.2. The van der Waals surface area contributed by atoms with Crippen molar-refractivity contribution in [1.29, 1.82) is 0 Å². The highest BCUT2D eigenvalue weighted by atomic mass is 16.1. The lowest BCUT2D eigenvalue weighted by Crippen LogP contribution is -2.41. The van der Waals surface area contributed by atoms with E-state index in [0.29, 0.717) is 30.6 Å². The molecular weight excluding hydrogens is 290 g/mol. The van der Waals surface area contributed by atoms with Gasteiger partial charge in [-0.15, -0.1) is 0 Å². The van der Waals surface area contributed by atoms with Crippen LogP contribution >= 0.6 is 0 Å². The molecule has 6 heteroatoms. The van der Waals surface area contributed by atoms with Gasteiger partial charge in [-0.05, 0) is 44.6 Å². The second kappa shape index (κ2) is 6.64. The Morgan fingerprint density at radius 1 is 1.35 bits per heavy atom. The van der Waals surface area contributed by atoms with E-state index in [-0.39, 0.29) is 5.91 Å². The Bertz CT molecular complexity index is 708. The van der Waals surface area contributed by atoms with Gasteiger partial charge in [0.05, 0.1) is 0 Å². The molecule has 1 aliphatic rings. The fourth-order valence-electron chi connectivity index (χ4n) is 3.57. The highest BCUT2D eigenvalue weighted by molar-refractivity contribution is 5.76. The summed E-state index contributed by atoms with van der Waals surface area (Å²) in [6, 6.07) is 0.342. The predicted octanol–water partition coefficient (Wildman–Crippen LogP) is 2.37. The molecule has 3 rings (SSSR count). The zero-order chi connectivity index (χ0) is 16.4. The molecule has 0 aromatic carbocycles. The third-order valence-electron chi connectivity index (χ3n) is 5.05. The van der Waals surface area contributed by atoms with E-state index < -0.39 is 0 Å². The topological polar surface area (TPSA) is 72.2 Å². The maximum absolute atomic E-state index is 12.3. The molecule has 0 saturated heterocycles. The number of amides is 1. The Morgan fingerprint density at radius 3 is 2.91 bits per heavy atom. The van der Waals surface area contributed by atoms with Gasteiger partial charge < -0.3 is 5.32 Å². The van der Waals surface area contributed by atoms with Gasteiger partial charge in [0.1, 0.15) is 6.33 Å². The number of carbonyl (C=O) groups is 1. The van der Waals surface area contributed by atoms with Crippen molar-refractivity contribution in [3.8, 4) is 0 Å². The van der Waals surface area contributed by atoms with Crippen molar-refractivity contribution in [3.05, 3.63) is 23.3 Å². The van der Waals surface area contributed by atoms with Gasteiger partial charge in [-0.2, -0.15) is 10.1 Å². The van der Waals surface area contributed by atoms with Crippen LogP contribution in [0, 0.1) is 19.8 Å². The van der Waals surface area contributed by atoms with Crippen molar-refractivity contribution < 1.29 is 4.79 Å². The minimum absolute atomic E-state index is 0.140. The fraction of sp³-hybridized carbons (Fsp3) is 0.647. The van der Waals surface area contributed by atoms with Gasteiger partial charge in [-0.3, -0.25) is 4.79 Å². The van der Waals surface area contributed by atoms with Crippen LogP contribution in [0.2, 0.25) is 0 Å². The summed E-state index contributed by atoms with van der Waals surface area (Å²) >= 11 is 0. The van der Waals surface area contributed by atoms with E-state index in [9.17, 15) is 4.79 Å². The Labute approximate surface area is 136 Å². The molecule has 0 spiro atoms. The van der Waals surface area contributed by atoms with Gasteiger partial charge in [-0.1, -0.05) is 19.8 Å². The van der Waals surface area contributed by atoms with Gasteiger partial charge in [0.2, 0.25) is 5.91 Å². The molecule has 2 aromatic heterocycles. The van der Waals surface area contributed by atoms with Gasteiger partial charge in [0.25, 0.3) is 5.78 Å². The van der Waals surface area contributed by atoms with Crippen molar-refractivity contribution >= 4 is 11.7 Å². The molecule has 1 N–H and O–H groups in total. The lowest BCUT2D eigenvalue weighted by atomic mass is 9.86. The number of hydrogen-bond acceptors (Lipinski definition) is 4. The highest BCUT2D eigenvalue weighted by Gasteiger charge is 2.22. The zero-order valence-electron chi connectivity index (χ0n) is 14.2. The first-order valence-electron chi connectivity index (χ1n) is 8.51. The first-order valence-corrected chi connectivity index (χ1v) is 8.51. The van der Waals surface area contributed by atoms with Gasteiger partial charge in [0.15, 0.2) is 0 Å². The number of nitrogens with one attached hydrogen (secondary N) is 1. The van der Waals surface area contributed by atoms with E-state index in [4.69, 9.17) is 0 Å². The Morgan fingerprint density at radius 2 is 2.13 bits per heavy atom. The minimum Gasteiger partial charge on any atom is -0.353 e. The van der Waals surface area contributed by atoms with E-state index in [2.05, 4.69) is 27.3 Å². The maximum atomic E-state index is 12.3. The molecule has 1 fully saturated rings. The normalized spacial score (nSPS) is 21.5. The van der Waals surface area contributed by atoms with Crippen molar-refractivity contribution in [1.82, 2.24) is 24.9 Å². The molecule has 2 atom stereocenters. The van der Waals surface area contributed by atoms with Crippen LogP contribution in [0.15, 0.2) is 6.33 Å². The molecular formula is C17H25N5O. The summed E-state index contributed by atoms with van der Waals surface area (Å²) < 4.78 is 1.74. The van der Waals surface area contributed by atoms with Crippen molar-refractivity contribution in [2.45, 2.75) is 65.3 Å². The summed E-state index contributed by atoms with van der Waals surface area (Å²) in [4.78, 5) is 20.9. The average molecular weight is 315 g/mol. The summed E-state index contributed by atoms with van der Waals surface area (Å²) in [7, 11) is 0. The number of hydrogen-bond donors (Lipinski definition) is 1. The third-order valence-corrected chi connectivity index (χ3v) is 5.05. The van der Waals surface area contributed by atoms with Crippen LogP contribution in [0.25, 0.3) is 5.78 Å². The fourth-order valence-corrected chi connectivity index (χ4v) is 3.57. The summed E-state index contributed by atoms with van der Waals surface area (Å²) in [6.07, 6.45) is 7.53. The number of aryl methyl sites for hydroxylation is 2. The van der Waals surface area contributed by atoms with Crippen LogP contribution in [-0.4, -0.2) is 31.5 Å². The predicted molar refractivity (Wildman–Crippen MR) is 88.1 cm³/mol. The largest absolute Gasteiger partial charge is 0.353 e. The van der Waals surface area contributed by atoms with Crippen molar-refractivity contribution in [3.63, 3.8) is 0 Å².